The number of nitrogens with zero attached hydrogens (tertiary/aromatic N) is 2. The lowest BCUT2D eigenvalue weighted by molar-refractivity contribution is -0.120. The van der Waals surface area contributed by atoms with E-state index in [-0.39, 0.29) is 12.6 Å². The van der Waals surface area contributed by atoms with Crippen molar-refractivity contribution >= 4 is 17.9 Å². The molecule has 0 aliphatic carbocycles. The number of carbonyl (C=O) groups excluding carboxylic acids is 1. The van der Waals surface area contributed by atoms with Gasteiger partial charge in [-0.3, -0.25) is 9.80 Å². The molecule has 1 heterocycles. The van der Waals surface area contributed by atoms with E-state index >= 15 is 0 Å². The third kappa shape index (κ3) is 4.04. The van der Waals surface area contributed by atoms with Gasteiger partial charge >= 0.3 is 0 Å². The molecule has 6 nitrogen and oxygen atoms in total. The van der Waals surface area contributed by atoms with Crippen molar-refractivity contribution in [1.82, 2.24) is 0 Å². The van der Waals surface area contributed by atoms with E-state index in [2.05, 4.69) is 0 Å². The summed E-state index contributed by atoms with van der Waals surface area (Å²) >= 11 is 0. The highest BCUT2D eigenvalue weighted by Gasteiger charge is 2.30. The average Bonchev–Trinajstić information content (AvgIpc) is 3.25. The second kappa shape index (κ2) is 8.80. The lowest BCUT2D eigenvalue weighted by atomic mass is 9.97. The molecule has 1 N–H and O–H groups in total. The third-order valence-corrected chi connectivity index (χ3v) is 5.15. The van der Waals surface area contributed by atoms with Gasteiger partial charge in [-0.15, -0.1) is 0 Å². The Morgan fingerprint density at radius 1 is 1.07 bits per heavy atom. The number of aliphatic hydroxyl groups excluding tert-OH is 1. The zero-order chi connectivity index (χ0) is 20.9. The molecular formula is C24H22N2O4. The topological polar surface area (TPSA) is 71.4 Å². The summed E-state index contributed by atoms with van der Waals surface area (Å²) in [7, 11) is 1.65. The predicted molar refractivity (Wildman–Crippen MR) is 115 cm³/mol. The summed E-state index contributed by atoms with van der Waals surface area (Å²) in [5.74, 6) is 1.27. The van der Waals surface area contributed by atoms with E-state index < -0.39 is 0 Å². The van der Waals surface area contributed by atoms with Crippen molar-refractivity contribution in [3.8, 4) is 11.5 Å². The molecule has 1 aliphatic rings. The number of hydrazone groups is 1. The fourth-order valence-electron chi connectivity index (χ4n) is 3.56. The standard InChI is InChI=1S/C24H22N2O4/c1-29-22-4-2-3-19(13-22)23-14-24(18-7-5-17(15-27)6-8-18)26(25-23)20-9-11-21(12-10-20)30-16-28/h2-13,16,24,27H,14-15H2,1H3. The predicted octanol–water partition coefficient (Wildman–Crippen LogP) is 4.08. The van der Waals surface area contributed by atoms with Crippen molar-refractivity contribution in [2.45, 2.75) is 19.1 Å². The van der Waals surface area contributed by atoms with Crippen LogP contribution in [-0.2, 0) is 11.4 Å². The molecule has 3 aromatic carbocycles. The number of anilines is 1. The molecule has 0 radical (unpaired) electrons. The van der Waals surface area contributed by atoms with Gasteiger partial charge < -0.3 is 14.6 Å². The first kappa shape index (κ1) is 19.7. The van der Waals surface area contributed by atoms with Crippen LogP contribution in [0.4, 0.5) is 5.69 Å². The number of hydrogen-bond acceptors (Lipinski definition) is 6. The summed E-state index contributed by atoms with van der Waals surface area (Å²) in [6.07, 6.45) is 0.720. The van der Waals surface area contributed by atoms with Crippen LogP contribution >= 0.6 is 0 Å². The highest BCUT2D eigenvalue weighted by molar-refractivity contribution is 6.03. The maximum absolute atomic E-state index is 10.6. The molecule has 1 unspecified atom stereocenters. The van der Waals surface area contributed by atoms with E-state index in [9.17, 15) is 9.90 Å². The van der Waals surface area contributed by atoms with E-state index in [1.54, 1.807) is 19.2 Å². The summed E-state index contributed by atoms with van der Waals surface area (Å²) in [5, 5.41) is 16.2. The fourth-order valence-corrected chi connectivity index (χ4v) is 3.56. The monoisotopic (exact) mass is 402 g/mol. The summed E-state index contributed by atoms with van der Waals surface area (Å²) in [5.41, 5.74) is 4.82. The Labute approximate surface area is 175 Å². The van der Waals surface area contributed by atoms with Gasteiger partial charge in [0, 0.05) is 12.0 Å². The number of benzene rings is 3. The molecule has 6 heteroatoms. The van der Waals surface area contributed by atoms with Gasteiger partial charge in [0.05, 0.1) is 31.2 Å². The molecule has 0 saturated carbocycles. The van der Waals surface area contributed by atoms with Gasteiger partial charge in [0.2, 0.25) is 0 Å². The zero-order valence-electron chi connectivity index (χ0n) is 16.6. The Kier molecular flexibility index (Phi) is 5.77. The number of hydrogen-bond donors (Lipinski definition) is 1. The van der Waals surface area contributed by atoms with Gasteiger partial charge in [-0.05, 0) is 47.5 Å². The first-order valence-electron chi connectivity index (χ1n) is 9.63. The molecule has 0 saturated heterocycles. The molecule has 4 rings (SSSR count). The molecule has 0 bridgehead atoms. The SMILES string of the molecule is COc1cccc(C2=NN(c3ccc(OC=O)cc3)C(c3ccc(CO)cc3)C2)c1. The van der Waals surface area contributed by atoms with E-state index in [4.69, 9.17) is 14.6 Å². The van der Waals surface area contributed by atoms with Gasteiger partial charge in [-0.2, -0.15) is 5.10 Å². The number of rotatable bonds is 7. The van der Waals surface area contributed by atoms with Gasteiger partial charge in [-0.1, -0.05) is 36.4 Å². The molecule has 0 amide bonds. The Morgan fingerprint density at radius 2 is 1.83 bits per heavy atom. The highest BCUT2D eigenvalue weighted by atomic mass is 16.5. The van der Waals surface area contributed by atoms with Crippen LogP contribution in [0.2, 0.25) is 0 Å². The van der Waals surface area contributed by atoms with Crippen LogP contribution in [-0.4, -0.2) is 24.4 Å². The maximum atomic E-state index is 10.6. The lowest BCUT2D eigenvalue weighted by Gasteiger charge is -2.24. The molecule has 0 aromatic heterocycles. The molecular weight excluding hydrogens is 380 g/mol. The van der Waals surface area contributed by atoms with Gasteiger partial charge in [0.15, 0.2) is 0 Å². The smallest absolute Gasteiger partial charge is 0.298 e. The van der Waals surface area contributed by atoms with Crippen LogP contribution in [0.5, 0.6) is 11.5 Å². The largest absolute Gasteiger partial charge is 0.497 e. The van der Waals surface area contributed by atoms with Crippen molar-refractivity contribution in [1.29, 1.82) is 0 Å². The van der Waals surface area contributed by atoms with Crippen molar-refractivity contribution in [2.75, 3.05) is 12.1 Å². The van der Waals surface area contributed by atoms with Crippen LogP contribution < -0.4 is 14.5 Å². The van der Waals surface area contributed by atoms with E-state index in [1.807, 2.05) is 65.7 Å². The third-order valence-electron chi connectivity index (χ3n) is 5.15. The molecule has 1 atom stereocenters. The summed E-state index contributed by atoms with van der Waals surface area (Å²) < 4.78 is 10.3. The highest BCUT2D eigenvalue weighted by Crippen LogP contribution is 2.37. The number of aliphatic hydroxyl groups is 1. The summed E-state index contributed by atoms with van der Waals surface area (Å²) in [4.78, 5) is 10.6. The maximum Gasteiger partial charge on any atom is 0.298 e. The summed E-state index contributed by atoms with van der Waals surface area (Å²) in [6.45, 7) is 0.424. The molecule has 0 fully saturated rings. The van der Waals surface area contributed by atoms with Crippen LogP contribution in [0.3, 0.4) is 0 Å². The number of carbonyl (C=O) groups is 1. The van der Waals surface area contributed by atoms with E-state index in [0.29, 0.717) is 12.2 Å². The van der Waals surface area contributed by atoms with Gasteiger partial charge in [0.1, 0.15) is 11.5 Å². The Balaban J connectivity index is 1.71. The number of methoxy groups -OCH3 is 1. The second-order valence-corrected chi connectivity index (χ2v) is 6.95. The molecule has 1 aliphatic heterocycles. The van der Waals surface area contributed by atoms with Crippen LogP contribution in [0, 0.1) is 0 Å². The van der Waals surface area contributed by atoms with Crippen LogP contribution in [0.15, 0.2) is 77.9 Å². The van der Waals surface area contributed by atoms with Crippen LogP contribution in [0.1, 0.15) is 29.2 Å². The van der Waals surface area contributed by atoms with Crippen molar-refractivity contribution in [3.63, 3.8) is 0 Å². The van der Waals surface area contributed by atoms with E-state index in [1.165, 1.54) is 0 Å². The second-order valence-electron chi connectivity index (χ2n) is 6.95. The first-order chi connectivity index (χ1) is 14.7. The average molecular weight is 402 g/mol. The molecule has 152 valence electrons. The Hall–Kier alpha value is -3.64. The zero-order valence-corrected chi connectivity index (χ0v) is 16.6. The fraction of sp³-hybridized carbons (Fsp3) is 0.167. The van der Waals surface area contributed by atoms with E-state index in [0.717, 1.165) is 40.3 Å². The first-order valence-corrected chi connectivity index (χ1v) is 9.63. The minimum absolute atomic E-state index is 0.00298. The Bertz CT molecular complexity index is 1050. The van der Waals surface area contributed by atoms with Crippen molar-refractivity contribution in [2.24, 2.45) is 5.10 Å². The molecule has 30 heavy (non-hydrogen) atoms. The Morgan fingerprint density at radius 3 is 2.50 bits per heavy atom. The van der Waals surface area contributed by atoms with Gasteiger partial charge in [-0.25, -0.2) is 0 Å². The molecule has 0 spiro atoms. The van der Waals surface area contributed by atoms with Gasteiger partial charge in [0.25, 0.3) is 6.47 Å². The lowest BCUT2D eigenvalue weighted by Crippen LogP contribution is -2.18. The van der Waals surface area contributed by atoms with Crippen molar-refractivity contribution in [3.05, 3.63) is 89.5 Å². The van der Waals surface area contributed by atoms with Crippen LogP contribution in [0.25, 0.3) is 0 Å². The quantitative estimate of drug-likeness (QED) is 0.603. The minimum atomic E-state index is -0.00298. The normalized spacial score (nSPS) is 15.6. The summed E-state index contributed by atoms with van der Waals surface area (Å²) in [6, 6.07) is 23.0. The molecule has 3 aromatic rings. The van der Waals surface area contributed by atoms with Crippen molar-refractivity contribution < 1.29 is 19.4 Å². The number of ether oxygens (including phenoxy) is 2. The minimum Gasteiger partial charge on any atom is -0.497 e.